The van der Waals surface area contributed by atoms with Gasteiger partial charge in [-0.1, -0.05) is 0 Å². The zero-order valence-corrected chi connectivity index (χ0v) is 3.20. The normalized spacial score (nSPS) is 20.2. The maximum absolute atomic E-state index is 5.14. The van der Waals surface area contributed by atoms with Gasteiger partial charge in [0.2, 0.25) is 0 Å². The highest BCUT2D eigenvalue weighted by molar-refractivity contribution is 6.17. The molecule has 3 nitrogen and oxygen atoms in total. The van der Waals surface area contributed by atoms with Gasteiger partial charge in [-0.2, -0.15) is 0 Å². The third-order valence-corrected chi connectivity index (χ3v) is 0.544. The molecule has 0 bridgehead atoms. The second-order valence-electron chi connectivity index (χ2n) is 1.01. The first-order valence-corrected chi connectivity index (χ1v) is 1.70. The summed E-state index contributed by atoms with van der Waals surface area (Å²) >= 11 is 0. The summed E-state index contributed by atoms with van der Waals surface area (Å²) in [5, 5.41) is 0. The van der Waals surface area contributed by atoms with Crippen LogP contribution >= 0.6 is 0 Å². The predicted octanol–water partition coefficient (Wildman–Crippen LogP) is -0.616. The number of rotatable bonds is 0. The van der Waals surface area contributed by atoms with E-state index in [2.05, 4.69) is 9.98 Å². The Labute approximate surface area is 35.6 Å². The molecule has 0 atom stereocenters. The summed E-state index contributed by atoms with van der Waals surface area (Å²) < 4.78 is 0. The molecule has 0 amide bonds. The van der Waals surface area contributed by atoms with Crippen LogP contribution in [0, 0.1) is 0 Å². The Bertz CT molecular complexity index is 82.2. The van der Waals surface area contributed by atoms with Gasteiger partial charge in [0, 0.05) is 12.4 Å². The molecule has 0 saturated heterocycles. The van der Waals surface area contributed by atoms with Gasteiger partial charge in [-0.05, 0) is 0 Å². The molecule has 6 heavy (non-hydrogen) atoms. The summed E-state index contributed by atoms with van der Waals surface area (Å²) in [6.45, 7) is 0. The van der Waals surface area contributed by atoms with Gasteiger partial charge in [-0.25, -0.2) is 0 Å². The molecule has 0 saturated carbocycles. The van der Waals surface area contributed by atoms with Crippen LogP contribution in [0.5, 0.6) is 0 Å². The Morgan fingerprint density at radius 2 is 1.83 bits per heavy atom. The molecule has 0 unspecified atom stereocenters. The van der Waals surface area contributed by atoms with Crippen LogP contribution in [0.4, 0.5) is 0 Å². The van der Waals surface area contributed by atoms with Gasteiger partial charge < -0.3 is 0 Å². The van der Waals surface area contributed by atoms with Crippen molar-refractivity contribution in [3.63, 3.8) is 0 Å². The minimum absolute atomic E-state index is 0.315. The number of hydrogen-bond donors (Lipinski definition) is 1. The Kier molecular flexibility index (Phi) is 0.686. The first-order valence-electron chi connectivity index (χ1n) is 1.70. The lowest BCUT2D eigenvalue weighted by atomic mass is 10.9. The molecule has 32 valence electrons. The monoisotopic (exact) mass is 83.0 g/mol. The van der Waals surface area contributed by atoms with E-state index in [4.69, 9.17) is 5.73 Å². The van der Waals surface area contributed by atoms with Crippen molar-refractivity contribution < 1.29 is 0 Å². The number of aliphatic imine (C=N–C) groups is 2. The summed E-state index contributed by atoms with van der Waals surface area (Å²) in [4.78, 5) is 7.33. The molecule has 1 aliphatic heterocycles. The molecule has 0 aromatic carbocycles. The van der Waals surface area contributed by atoms with Crippen LogP contribution in [-0.2, 0) is 0 Å². The van der Waals surface area contributed by atoms with Crippen molar-refractivity contribution in [1.29, 1.82) is 0 Å². The molecule has 0 spiro atoms. The summed E-state index contributed by atoms with van der Waals surface area (Å²) in [5.74, 6) is 0. The highest BCUT2D eigenvalue weighted by Gasteiger charge is 1.91. The average Bonchev–Trinajstić information content (AvgIpc) is 1.86. The Balaban J connectivity index is 2.60. The van der Waals surface area contributed by atoms with E-state index in [9.17, 15) is 0 Å². The second-order valence-corrected chi connectivity index (χ2v) is 1.01. The van der Waals surface area contributed by atoms with Crippen LogP contribution in [0.3, 0.4) is 0 Å². The highest BCUT2D eigenvalue weighted by Crippen LogP contribution is 1.83. The van der Waals surface area contributed by atoms with E-state index in [0.29, 0.717) is 0 Å². The fourth-order valence-corrected chi connectivity index (χ4v) is 0.292. The molecule has 0 aliphatic carbocycles. The van der Waals surface area contributed by atoms with E-state index in [1.165, 1.54) is 0 Å². The topological polar surface area (TPSA) is 50.7 Å². The van der Waals surface area contributed by atoms with Crippen molar-refractivity contribution in [3.8, 4) is 0 Å². The Morgan fingerprint density at radius 3 is 2.00 bits per heavy atom. The average molecular weight is 83.1 g/mol. The van der Waals surface area contributed by atoms with Crippen molar-refractivity contribution in [2.24, 2.45) is 15.7 Å². The van der Waals surface area contributed by atoms with E-state index in [-0.39, 0.29) is 6.29 Å². The van der Waals surface area contributed by atoms with Crippen LogP contribution in [0.25, 0.3) is 0 Å². The van der Waals surface area contributed by atoms with Gasteiger partial charge in [0.25, 0.3) is 0 Å². The van der Waals surface area contributed by atoms with E-state index >= 15 is 0 Å². The second kappa shape index (κ2) is 1.18. The molecule has 0 radical (unpaired) electrons. The largest absolute Gasteiger partial charge is 0.291 e. The smallest absolute Gasteiger partial charge is 0.191 e. The van der Waals surface area contributed by atoms with Crippen LogP contribution < -0.4 is 5.73 Å². The lowest BCUT2D eigenvalue weighted by Crippen LogP contribution is -2.09. The quantitative estimate of drug-likeness (QED) is 0.417. The van der Waals surface area contributed by atoms with Gasteiger partial charge in [0.15, 0.2) is 6.29 Å². The van der Waals surface area contributed by atoms with Gasteiger partial charge in [-0.3, -0.25) is 15.7 Å². The third-order valence-electron chi connectivity index (χ3n) is 0.544. The Hall–Kier alpha value is -0.700. The minimum atomic E-state index is -0.315. The van der Waals surface area contributed by atoms with Crippen LogP contribution in [0.15, 0.2) is 9.98 Å². The third kappa shape index (κ3) is 0.440. The number of hydrogen-bond acceptors (Lipinski definition) is 3. The van der Waals surface area contributed by atoms with Crippen molar-refractivity contribution in [2.45, 2.75) is 6.29 Å². The van der Waals surface area contributed by atoms with Crippen molar-refractivity contribution in [1.82, 2.24) is 0 Å². The summed E-state index contributed by atoms with van der Waals surface area (Å²) in [6.07, 6.45) is 2.86. The molecule has 2 N–H and O–H groups in total. The number of nitrogens with zero attached hydrogens (tertiary/aromatic N) is 2. The van der Waals surface area contributed by atoms with E-state index in [1.54, 1.807) is 12.4 Å². The van der Waals surface area contributed by atoms with Crippen LogP contribution in [0.2, 0.25) is 0 Å². The maximum atomic E-state index is 5.14. The molecule has 3 heteroatoms. The van der Waals surface area contributed by atoms with Crippen molar-refractivity contribution >= 4 is 12.4 Å². The van der Waals surface area contributed by atoms with Gasteiger partial charge in [-0.15, -0.1) is 0 Å². The standard InChI is InChI=1S/C3H5N3/c4-3-5-1-2-6-3/h1-3H,4H2. The fourth-order valence-electron chi connectivity index (χ4n) is 0.292. The molecule has 0 fully saturated rings. The van der Waals surface area contributed by atoms with Crippen molar-refractivity contribution in [3.05, 3.63) is 0 Å². The SMILES string of the molecule is NC1N=CC=N1. The zero-order chi connectivity index (χ0) is 4.41. The molecule has 0 aromatic heterocycles. The molecule has 1 heterocycles. The van der Waals surface area contributed by atoms with E-state index in [1.807, 2.05) is 0 Å². The highest BCUT2D eigenvalue weighted by atomic mass is 15.1. The van der Waals surface area contributed by atoms with Gasteiger partial charge in [0.05, 0.1) is 0 Å². The summed E-state index contributed by atoms with van der Waals surface area (Å²) in [6, 6.07) is 0. The summed E-state index contributed by atoms with van der Waals surface area (Å²) in [7, 11) is 0. The first kappa shape index (κ1) is 3.49. The lowest BCUT2D eigenvalue weighted by molar-refractivity contribution is 0.776. The maximum Gasteiger partial charge on any atom is 0.191 e. The molecule has 0 aromatic rings. The molecular formula is C3H5N3. The molecule has 1 aliphatic rings. The minimum Gasteiger partial charge on any atom is -0.291 e. The summed E-state index contributed by atoms with van der Waals surface area (Å²) in [5.41, 5.74) is 5.14. The lowest BCUT2D eigenvalue weighted by Gasteiger charge is -1.85. The predicted molar refractivity (Wildman–Crippen MR) is 25.0 cm³/mol. The fraction of sp³-hybridized carbons (Fsp3) is 0.333. The number of nitrogens with two attached hydrogens (primary N) is 1. The zero-order valence-electron chi connectivity index (χ0n) is 3.20. The van der Waals surface area contributed by atoms with E-state index < -0.39 is 0 Å². The molecule has 1 rings (SSSR count). The first-order chi connectivity index (χ1) is 2.89. The van der Waals surface area contributed by atoms with Crippen LogP contribution in [-0.4, -0.2) is 18.7 Å². The Morgan fingerprint density at radius 1 is 1.33 bits per heavy atom. The molecular weight excluding hydrogens is 78.1 g/mol. The van der Waals surface area contributed by atoms with Gasteiger partial charge >= 0.3 is 0 Å². The van der Waals surface area contributed by atoms with Crippen LogP contribution in [0.1, 0.15) is 0 Å². The van der Waals surface area contributed by atoms with Gasteiger partial charge in [0.1, 0.15) is 0 Å². The van der Waals surface area contributed by atoms with Crippen molar-refractivity contribution in [2.75, 3.05) is 0 Å². The van der Waals surface area contributed by atoms with E-state index in [0.717, 1.165) is 0 Å².